The van der Waals surface area contributed by atoms with Gasteiger partial charge in [-0.3, -0.25) is 0 Å². The van der Waals surface area contributed by atoms with Gasteiger partial charge in [-0.2, -0.15) is 0 Å². The zero-order chi connectivity index (χ0) is 13.4. The average Bonchev–Trinajstić information content (AvgIpc) is 2.42. The summed E-state index contributed by atoms with van der Waals surface area (Å²) in [4.78, 5) is 0. The van der Waals surface area contributed by atoms with Crippen molar-refractivity contribution in [3.8, 4) is 0 Å². The van der Waals surface area contributed by atoms with Crippen LogP contribution in [-0.2, 0) is 8.37 Å². The van der Waals surface area contributed by atoms with Crippen molar-refractivity contribution in [3.05, 3.63) is 0 Å². The van der Waals surface area contributed by atoms with Gasteiger partial charge in [-0.25, -0.2) is 0 Å². The summed E-state index contributed by atoms with van der Waals surface area (Å²) < 4.78 is 12.5. The van der Waals surface area contributed by atoms with Crippen molar-refractivity contribution in [1.29, 1.82) is 0 Å². The molecule has 1 aliphatic rings. The van der Waals surface area contributed by atoms with Gasteiger partial charge in [0.15, 0.2) is 0 Å². The van der Waals surface area contributed by atoms with Crippen LogP contribution in [0.5, 0.6) is 0 Å². The molecule has 4 atom stereocenters. The van der Waals surface area contributed by atoms with E-state index in [1.54, 1.807) is 0 Å². The molecule has 0 aromatic rings. The molecule has 0 aliphatic carbocycles. The molecule has 0 radical (unpaired) electrons. The van der Waals surface area contributed by atoms with E-state index in [1.165, 1.54) is 17.3 Å². The van der Waals surface area contributed by atoms with Crippen molar-refractivity contribution in [3.63, 3.8) is 0 Å². The van der Waals surface area contributed by atoms with Crippen molar-refractivity contribution in [2.24, 2.45) is 0 Å². The van der Waals surface area contributed by atoms with Crippen molar-refractivity contribution < 1.29 is 8.37 Å². The van der Waals surface area contributed by atoms with Gasteiger partial charge in [0.2, 0.25) is 0 Å². The van der Waals surface area contributed by atoms with Gasteiger partial charge in [0.05, 0.1) is 0 Å². The third-order valence-corrected chi connectivity index (χ3v) is 12.4. The van der Waals surface area contributed by atoms with Crippen molar-refractivity contribution in [1.82, 2.24) is 0 Å². The van der Waals surface area contributed by atoms with E-state index in [0.717, 1.165) is 20.1 Å². The minimum atomic E-state index is 0.155. The van der Waals surface area contributed by atoms with E-state index in [2.05, 4.69) is 63.2 Å². The van der Waals surface area contributed by atoms with Gasteiger partial charge in [-0.05, 0) is 0 Å². The molecule has 1 heterocycles. The maximum atomic E-state index is 5.04. The molecule has 0 amide bonds. The molecule has 0 N–H and O–H groups in total. The van der Waals surface area contributed by atoms with Crippen LogP contribution in [-0.4, -0.2) is 53.2 Å². The van der Waals surface area contributed by atoms with Crippen LogP contribution in [0.25, 0.3) is 0 Å². The molecule has 1 rings (SSSR count). The van der Waals surface area contributed by atoms with E-state index in [0.29, 0.717) is 0 Å². The Labute approximate surface area is 141 Å². The molecule has 0 aromatic carbocycles. The number of hydrogen-bond acceptors (Lipinski definition) is 6. The summed E-state index contributed by atoms with van der Waals surface area (Å²) >= 11 is 12.1. The predicted molar refractivity (Wildman–Crippen MR) is 91.4 cm³/mol. The summed E-state index contributed by atoms with van der Waals surface area (Å²) in [6.45, 7) is 4.17. The Morgan fingerprint density at radius 3 is 2.39 bits per heavy atom. The fraction of sp³-hybridized carbons (Fsp3) is 1.00. The zero-order valence-electron chi connectivity index (χ0n) is 10.8. The number of thioether (sulfide) groups is 2. The predicted octanol–water partition coefficient (Wildman–Crippen LogP) is 3.56. The van der Waals surface area contributed by atoms with E-state index in [1.807, 2.05) is 0 Å². The molecule has 1 fully saturated rings. The van der Waals surface area contributed by atoms with E-state index >= 15 is 0 Å². The van der Waals surface area contributed by atoms with Crippen LogP contribution in [0.4, 0.5) is 0 Å². The van der Waals surface area contributed by atoms with Gasteiger partial charge in [0.1, 0.15) is 0 Å². The second-order valence-corrected chi connectivity index (χ2v) is 11.8. The summed E-state index contributed by atoms with van der Waals surface area (Å²) in [7, 11) is 0. The maximum absolute atomic E-state index is 5.04. The summed E-state index contributed by atoms with van der Waals surface area (Å²) in [5.74, 6) is 2.12. The third kappa shape index (κ3) is 7.21. The van der Waals surface area contributed by atoms with Gasteiger partial charge < -0.3 is 0 Å². The summed E-state index contributed by atoms with van der Waals surface area (Å²) in [5, 5.41) is 0.809. The van der Waals surface area contributed by atoms with Gasteiger partial charge in [-0.15, -0.1) is 0 Å². The number of hydrogen-bond donors (Lipinski definition) is 2. The van der Waals surface area contributed by atoms with Crippen LogP contribution in [0.3, 0.4) is 0 Å². The van der Waals surface area contributed by atoms with Gasteiger partial charge in [0.25, 0.3) is 0 Å². The molecule has 1 saturated heterocycles. The first-order valence-electron chi connectivity index (χ1n) is 6.12. The summed E-state index contributed by atoms with van der Waals surface area (Å²) in [6, 6.07) is 0. The fourth-order valence-corrected chi connectivity index (χ4v) is 10.4. The molecule has 4 unspecified atom stereocenters. The molecular weight excluding hydrogens is 420 g/mol. The van der Waals surface area contributed by atoms with Crippen LogP contribution >= 0.6 is 49.3 Å². The van der Waals surface area contributed by atoms with Crippen LogP contribution in [0, 0.1) is 0 Å². The summed E-state index contributed by atoms with van der Waals surface area (Å²) in [6.07, 6.45) is 3.28. The molecule has 2 nitrogen and oxygen atoms in total. The van der Waals surface area contributed by atoms with Gasteiger partial charge in [0, 0.05) is 0 Å². The molecular formula is C11H22O2S4Te. The van der Waals surface area contributed by atoms with E-state index < -0.39 is 0 Å². The van der Waals surface area contributed by atoms with E-state index in [4.69, 9.17) is 8.37 Å². The second-order valence-electron chi connectivity index (χ2n) is 4.42. The van der Waals surface area contributed by atoms with Gasteiger partial charge >= 0.3 is 142 Å². The van der Waals surface area contributed by atoms with E-state index in [9.17, 15) is 0 Å². The topological polar surface area (TPSA) is 18.5 Å². The molecule has 0 bridgehead atoms. The Kier molecular flexibility index (Phi) is 10.9. The van der Waals surface area contributed by atoms with Gasteiger partial charge in [-0.1, -0.05) is 0 Å². The number of thiol groups is 2. The molecule has 0 spiro atoms. The zero-order valence-corrected chi connectivity index (χ0v) is 16.5. The molecule has 0 aromatic heterocycles. The molecule has 18 heavy (non-hydrogen) atoms. The van der Waals surface area contributed by atoms with Crippen LogP contribution in [0.2, 0.25) is 4.47 Å². The van der Waals surface area contributed by atoms with Crippen LogP contribution in [0.1, 0.15) is 26.7 Å². The third-order valence-electron chi connectivity index (χ3n) is 2.62. The van der Waals surface area contributed by atoms with E-state index in [-0.39, 0.29) is 33.1 Å². The SMILES string of the molecule is CC(CSC1CCC[Te]C1SCC(C)OS)OS. The standard InChI is InChI=1S/C11H22O2S4Te/c1-8(12-14)6-16-10-4-3-5-18-11(10)17-7-9(2)13-15/h8-11,14-15H,3-7H2,1-2H3. The summed E-state index contributed by atoms with van der Waals surface area (Å²) in [5.41, 5.74) is 0. The van der Waals surface area contributed by atoms with Crippen LogP contribution in [0.15, 0.2) is 0 Å². The molecule has 108 valence electrons. The van der Waals surface area contributed by atoms with Crippen molar-refractivity contribution >= 4 is 70.3 Å². The van der Waals surface area contributed by atoms with Crippen molar-refractivity contribution in [2.45, 2.75) is 51.9 Å². The quantitative estimate of drug-likeness (QED) is 0.340. The molecule has 1 aliphatic heterocycles. The fourth-order valence-electron chi connectivity index (χ4n) is 1.60. The Morgan fingerprint density at radius 1 is 1.17 bits per heavy atom. The number of rotatable bonds is 8. The molecule has 0 saturated carbocycles. The minimum absolute atomic E-state index is 0.155. The first kappa shape index (κ1) is 18.2. The average molecular weight is 442 g/mol. The normalized spacial score (nSPS) is 28.0. The second kappa shape index (κ2) is 10.8. The van der Waals surface area contributed by atoms with Crippen LogP contribution < -0.4 is 0 Å². The monoisotopic (exact) mass is 444 g/mol. The first-order valence-corrected chi connectivity index (χ1v) is 11.9. The van der Waals surface area contributed by atoms with Crippen molar-refractivity contribution in [2.75, 3.05) is 11.5 Å². The first-order chi connectivity index (χ1) is 8.67. The Morgan fingerprint density at radius 2 is 1.78 bits per heavy atom. The Bertz CT molecular complexity index is 201. The molecule has 7 heteroatoms. The Hall–Kier alpha value is 2.11. The Balaban J connectivity index is 2.32.